The van der Waals surface area contributed by atoms with Gasteiger partial charge in [0.25, 0.3) is 0 Å². The fourth-order valence-corrected chi connectivity index (χ4v) is 4.97. The fraction of sp³-hybridized carbons (Fsp3) is 0.290. The molecule has 43 heavy (non-hydrogen) atoms. The normalized spacial score (nSPS) is 11.4. The predicted octanol–water partition coefficient (Wildman–Crippen LogP) is 7.71. The minimum Gasteiger partial charge on any atom is -0.406 e. The number of carbonyl (C=O) groups is 1. The van der Waals surface area contributed by atoms with Crippen molar-refractivity contribution >= 4 is 28.6 Å². The highest BCUT2D eigenvalue weighted by molar-refractivity contribution is 8.14. The molecule has 1 aromatic heterocycles. The van der Waals surface area contributed by atoms with Crippen LogP contribution in [0.4, 0.5) is 23.7 Å². The smallest absolute Gasteiger partial charge is 0.406 e. The zero-order chi connectivity index (χ0) is 31.1. The predicted molar refractivity (Wildman–Crippen MR) is 164 cm³/mol. The molecule has 0 aliphatic rings. The lowest BCUT2D eigenvalue weighted by Gasteiger charge is -2.27. The van der Waals surface area contributed by atoms with Crippen molar-refractivity contribution in [2.75, 3.05) is 17.2 Å². The average Bonchev–Trinajstić information content (AvgIpc) is 3.44. The Bertz CT molecular complexity index is 1550. The first kappa shape index (κ1) is 31.6. The summed E-state index contributed by atoms with van der Waals surface area (Å²) in [6.45, 7) is 8.44. The number of nitrogens with zero attached hydrogens (tertiary/aromatic N) is 4. The highest BCUT2D eigenvalue weighted by atomic mass is 32.2. The van der Waals surface area contributed by atoms with Gasteiger partial charge in [0, 0.05) is 12.1 Å². The molecule has 2 amide bonds. The van der Waals surface area contributed by atoms with Crippen LogP contribution >= 0.6 is 11.8 Å². The van der Waals surface area contributed by atoms with Gasteiger partial charge in [-0.15, -0.1) is 18.3 Å². The number of carbonyl (C=O) groups excluding carboxylic acids is 1. The number of alkyl halides is 3. The van der Waals surface area contributed by atoms with Gasteiger partial charge in [-0.3, -0.25) is 5.41 Å². The maximum Gasteiger partial charge on any atom is 0.573 e. The summed E-state index contributed by atoms with van der Waals surface area (Å²) in [5, 5.41) is 16.2. The summed E-state index contributed by atoms with van der Waals surface area (Å²) >= 11 is 1.31. The third-order valence-corrected chi connectivity index (χ3v) is 7.21. The Hall–Kier alpha value is -4.32. The lowest BCUT2D eigenvalue weighted by molar-refractivity contribution is -0.274. The molecule has 3 aromatic carbocycles. The van der Waals surface area contributed by atoms with Gasteiger partial charge in [-0.25, -0.2) is 19.4 Å². The number of aromatic nitrogens is 3. The summed E-state index contributed by atoms with van der Waals surface area (Å²) in [5.41, 5.74) is 5.03. The molecule has 0 radical (unpaired) electrons. The van der Waals surface area contributed by atoms with Crippen LogP contribution in [0.25, 0.3) is 17.1 Å². The number of amides is 2. The molecule has 12 heteroatoms. The highest BCUT2D eigenvalue weighted by Gasteiger charge is 2.31. The maximum absolute atomic E-state index is 13.4. The van der Waals surface area contributed by atoms with Gasteiger partial charge in [0.05, 0.1) is 11.4 Å². The Balaban J connectivity index is 1.39. The van der Waals surface area contributed by atoms with Gasteiger partial charge in [0.15, 0.2) is 11.0 Å². The summed E-state index contributed by atoms with van der Waals surface area (Å²) in [7, 11) is 0. The van der Waals surface area contributed by atoms with Crippen molar-refractivity contribution in [1.82, 2.24) is 20.1 Å². The minimum atomic E-state index is -4.75. The molecule has 8 nitrogen and oxygen atoms in total. The second-order valence-corrected chi connectivity index (χ2v) is 11.3. The highest BCUT2D eigenvalue weighted by Crippen LogP contribution is 2.31. The summed E-state index contributed by atoms with van der Waals surface area (Å²) in [4.78, 5) is 19.1. The number of benzene rings is 3. The second kappa shape index (κ2) is 13.8. The summed E-state index contributed by atoms with van der Waals surface area (Å²) < 4.78 is 42.6. The van der Waals surface area contributed by atoms with Gasteiger partial charge in [-0.2, -0.15) is 0 Å². The molecule has 0 aliphatic carbocycles. The van der Waals surface area contributed by atoms with E-state index in [9.17, 15) is 18.0 Å². The van der Waals surface area contributed by atoms with E-state index in [1.54, 1.807) is 0 Å². The molecule has 0 spiro atoms. The maximum atomic E-state index is 13.4. The van der Waals surface area contributed by atoms with Crippen LogP contribution in [-0.4, -0.2) is 44.6 Å². The van der Waals surface area contributed by atoms with Crippen LogP contribution < -0.4 is 15.0 Å². The first-order valence-corrected chi connectivity index (χ1v) is 14.7. The van der Waals surface area contributed by atoms with E-state index in [1.165, 1.54) is 51.9 Å². The number of ether oxygens (including phenoxy) is 1. The van der Waals surface area contributed by atoms with Gasteiger partial charge in [-0.05, 0) is 72.0 Å². The van der Waals surface area contributed by atoms with Crippen molar-refractivity contribution in [3.63, 3.8) is 0 Å². The van der Waals surface area contributed by atoms with E-state index in [-0.39, 0.29) is 22.9 Å². The fourth-order valence-electron chi connectivity index (χ4n) is 4.38. The number of urea groups is 1. The van der Waals surface area contributed by atoms with Gasteiger partial charge >= 0.3 is 12.4 Å². The monoisotopic (exact) mass is 610 g/mol. The van der Waals surface area contributed by atoms with E-state index in [4.69, 9.17) is 5.41 Å². The van der Waals surface area contributed by atoms with Crippen molar-refractivity contribution in [1.29, 1.82) is 5.41 Å². The first-order chi connectivity index (χ1) is 20.4. The number of nitrogens with one attached hydrogen (secondary N) is 2. The number of halogens is 3. The zero-order valence-corrected chi connectivity index (χ0v) is 25.1. The van der Waals surface area contributed by atoms with Crippen LogP contribution in [0.15, 0.2) is 73.1 Å². The van der Waals surface area contributed by atoms with Crippen LogP contribution in [0.5, 0.6) is 5.75 Å². The molecular weight excluding hydrogens is 577 g/mol. The third-order valence-electron chi connectivity index (χ3n) is 6.46. The summed E-state index contributed by atoms with van der Waals surface area (Å²) in [6.07, 6.45) is -2.69. The Morgan fingerprint density at radius 2 is 1.79 bits per heavy atom. The number of hydrogen-bond acceptors (Lipinski definition) is 6. The molecule has 4 aromatic rings. The molecular formula is C31H33F3N6O2S. The molecule has 0 saturated heterocycles. The summed E-state index contributed by atoms with van der Waals surface area (Å²) in [5.74, 6) is 0.999. The molecule has 1 heterocycles. The SMILES string of the molecule is CCSC(=N)N(C(=O)NCCc1ccc(-c2ncn(-c3ccc(OC(F)(F)F)cc3)n2)cc1)c1cc(C)ccc1C(C)C. The minimum absolute atomic E-state index is 0.175. The van der Waals surface area contributed by atoms with Crippen molar-refractivity contribution in [2.45, 2.75) is 46.4 Å². The number of thioether (sulfide) groups is 1. The van der Waals surface area contributed by atoms with Crippen molar-refractivity contribution < 1.29 is 22.7 Å². The number of hydrogen-bond donors (Lipinski definition) is 2. The van der Waals surface area contributed by atoms with Crippen LogP contribution in [0.2, 0.25) is 0 Å². The van der Waals surface area contributed by atoms with E-state index in [1.807, 2.05) is 56.3 Å². The molecule has 0 unspecified atom stereocenters. The van der Waals surface area contributed by atoms with E-state index in [2.05, 4.69) is 34.0 Å². The Morgan fingerprint density at radius 3 is 2.42 bits per heavy atom. The van der Waals surface area contributed by atoms with Crippen LogP contribution in [0.3, 0.4) is 0 Å². The average molecular weight is 611 g/mol. The molecule has 0 bridgehead atoms. The number of rotatable bonds is 9. The first-order valence-electron chi connectivity index (χ1n) is 13.7. The Labute approximate surface area is 252 Å². The molecule has 226 valence electrons. The third kappa shape index (κ3) is 8.38. The lowest BCUT2D eigenvalue weighted by atomic mass is 9.99. The van der Waals surface area contributed by atoms with Gasteiger partial charge in [0.2, 0.25) is 0 Å². The molecule has 0 fully saturated rings. The molecule has 0 saturated carbocycles. The van der Waals surface area contributed by atoms with Crippen molar-refractivity contribution in [2.24, 2.45) is 0 Å². The van der Waals surface area contributed by atoms with E-state index in [0.29, 0.717) is 30.2 Å². The zero-order valence-electron chi connectivity index (χ0n) is 24.3. The van der Waals surface area contributed by atoms with E-state index in [0.717, 1.165) is 27.9 Å². The van der Waals surface area contributed by atoms with Crippen molar-refractivity contribution in [3.05, 3.63) is 89.7 Å². The number of aryl methyl sites for hydroxylation is 1. The molecule has 0 atom stereocenters. The number of amidine groups is 1. The standard InChI is InChI=1S/C31H33F3N6O2S/c1-5-43-29(35)40(27-18-21(4)6-15-26(27)20(2)3)30(41)36-17-16-22-7-9-23(10-8-22)28-37-19-39(38-28)24-11-13-25(14-12-24)42-31(32,33)34/h6-15,18-20,35H,5,16-17H2,1-4H3,(H,36,41). The molecule has 2 N–H and O–H groups in total. The van der Waals surface area contributed by atoms with Gasteiger partial charge < -0.3 is 10.1 Å². The largest absolute Gasteiger partial charge is 0.573 e. The van der Waals surface area contributed by atoms with Gasteiger partial charge in [-0.1, -0.05) is 68.9 Å². The Kier molecular flexibility index (Phi) is 10.1. The lowest BCUT2D eigenvalue weighted by Crippen LogP contribution is -2.44. The number of anilines is 1. The van der Waals surface area contributed by atoms with Crippen LogP contribution in [0.1, 0.15) is 43.4 Å². The van der Waals surface area contributed by atoms with Crippen LogP contribution in [0, 0.1) is 12.3 Å². The topological polar surface area (TPSA) is 96.1 Å². The molecule has 4 rings (SSSR count). The van der Waals surface area contributed by atoms with E-state index >= 15 is 0 Å². The van der Waals surface area contributed by atoms with E-state index < -0.39 is 6.36 Å². The summed E-state index contributed by atoms with van der Waals surface area (Å²) in [6, 6.07) is 18.6. The molecule has 0 aliphatic heterocycles. The van der Waals surface area contributed by atoms with Crippen molar-refractivity contribution in [3.8, 4) is 22.8 Å². The quantitative estimate of drug-likeness (QED) is 0.150. The van der Waals surface area contributed by atoms with Gasteiger partial charge in [0.1, 0.15) is 12.1 Å². The second-order valence-electron chi connectivity index (χ2n) is 10.0. The Morgan fingerprint density at radius 1 is 1.09 bits per heavy atom. The van der Waals surface area contributed by atoms with Crippen LogP contribution in [-0.2, 0) is 6.42 Å².